The fraction of sp³-hybridized carbons (Fsp3) is 0.176. The molecule has 0 atom stereocenters. The zero-order valence-corrected chi connectivity index (χ0v) is 14.0. The fourth-order valence-corrected chi connectivity index (χ4v) is 3.03. The molecule has 0 aliphatic rings. The van der Waals surface area contributed by atoms with Gasteiger partial charge in [0.1, 0.15) is 11.6 Å². The van der Waals surface area contributed by atoms with E-state index >= 15 is 0 Å². The fourth-order valence-electron chi connectivity index (χ4n) is 2.05. The van der Waals surface area contributed by atoms with E-state index in [4.69, 9.17) is 5.26 Å². The summed E-state index contributed by atoms with van der Waals surface area (Å²) < 4.78 is 0. The number of carbonyl (C=O) groups excluding carboxylic acids is 1. The number of nitro benzene ring substituents is 1. The van der Waals surface area contributed by atoms with E-state index in [0.717, 1.165) is 0 Å². The average Bonchev–Trinajstić information content (AvgIpc) is 3.00. The Balaban J connectivity index is 2.35. The van der Waals surface area contributed by atoms with Gasteiger partial charge in [-0.15, -0.1) is 11.3 Å². The van der Waals surface area contributed by atoms with Crippen molar-refractivity contribution in [3.8, 4) is 16.5 Å². The van der Waals surface area contributed by atoms with E-state index < -0.39 is 10.8 Å². The van der Waals surface area contributed by atoms with Gasteiger partial charge < -0.3 is 5.32 Å². The van der Waals surface area contributed by atoms with E-state index in [1.807, 2.05) is 19.9 Å². The van der Waals surface area contributed by atoms with Crippen LogP contribution in [0.2, 0.25) is 0 Å². The summed E-state index contributed by atoms with van der Waals surface area (Å²) in [6.07, 6.45) is 1.49. The van der Waals surface area contributed by atoms with Crippen LogP contribution in [0.1, 0.15) is 18.7 Å². The van der Waals surface area contributed by atoms with E-state index in [1.54, 1.807) is 30.3 Å². The molecule has 1 N–H and O–H groups in total. The maximum atomic E-state index is 11.9. The Morgan fingerprint density at radius 2 is 2.04 bits per heavy atom. The maximum absolute atomic E-state index is 11.9. The molecule has 0 fully saturated rings. The van der Waals surface area contributed by atoms with Crippen molar-refractivity contribution < 1.29 is 9.72 Å². The zero-order valence-electron chi connectivity index (χ0n) is 13.1. The number of hydrogen-bond donors (Lipinski definition) is 1. The minimum atomic E-state index is -0.437. The van der Waals surface area contributed by atoms with Gasteiger partial charge in [-0.1, -0.05) is 12.1 Å². The van der Waals surface area contributed by atoms with Crippen LogP contribution in [0.15, 0.2) is 42.0 Å². The normalized spacial score (nSPS) is 11.2. The molecule has 0 saturated carbocycles. The second-order valence-electron chi connectivity index (χ2n) is 5.27. The number of amides is 1. The van der Waals surface area contributed by atoms with Crippen LogP contribution in [0, 0.1) is 21.4 Å². The molecule has 1 amide bonds. The molecular formula is C17H15N3O3S. The SMILES string of the molecule is CC(C)NC(=O)/C(C#N)=C/c1ccc(-c2ccccc2[N+](=O)[O-])s1. The van der Waals surface area contributed by atoms with E-state index in [2.05, 4.69) is 5.32 Å². The Bertz CT molecular complexity index is 847. The lowest BCUT2D eigenvalue weighted by atomic mass is 10.1. The Morgan fingerprint density at radius 1 is 1.33 bits per heavy atom. The molecule has 0 aliphatic heterocycles. The van der Waals surface area contributed by atoms with Crippen LogP contribution in [-0.4, -0.2) is 16.9 Å². The van der Waals surface area contributed by atoms with E-state index in [9.17, 15) is 14.9 Å². The summed E-state index contributed by atoms with van der Waals surface area (Å²) in [5.41, 5.74) is 0.532. The van der Waals surface area contributed by atoms with Crippen LogP contribution in [0.4, 0.5) is 5.69 Å². The van der Waals surface area contributed by atoms with Crippen LogP contribution in [-0.2, 0) is 4.79 Å². The summed E-state index contributed by atoms with van der Waals surface area (Å²) in [6, 6.07) is 11.8. The molecule has 1 aromatic heterocycles. The van der Waals surface area contributed by atoms with Crippen LogP contribution < -0.4 is 5.32 Å². The zero-order chi connectivity index (χ0) is 17.7. The number of nitro groups is 1. The lowest BCUT2D eigenvalue weighted by Gasteiger charge is -2.06. The smallest absolute Gasteiger partial charge is 0.278 e. The monoisotopic (exact) mass is 341 g/mol. The minimum absolute atomic E-state index is 0.000314. The van der Waals surface area contributed by atoms with Gasteiger partial charge in [0.2, 0.25) is 0 Å². The molecule has 0 saturated heterocycles. The first-order valence-electron chi connectivity index (χ1n) is 7.18. The van der Waals surface area contributed by atoms with Crippen molar-refractivity contribution in [3.63, 3.8) is 0 Å². The molecule has 7 heteroatoms. The van der Waals surface area contributed by atoms with E-state index in [-0.39, 0.29) is 17.3 Å². The van der Waals surface area contributed by atoms with Crippen LogP contribution in [0.25, 0.3) is 16.5 Å². The highest BCUT2D eigenvalue weighted by atomic mass is 32.1. The summed E-state index contributed by atoms with van der Waals surface area (Å²) in [5, 5.41) is 22.9. The quantitative estimate of drug-likeness (QED) is 0.387. The van der Waals surface area contributed by atoms with Crippen molar-refractivity contribution in [2.45, 2.75) is 19.9 Å². The number of carbonyl (C=O) groups is 1. The number of nitriles is 1. The van der Waals surface area contributed by atoms with Crippen molar-refractivity contribution >= 4 is 29.0 Å². The maximum Gasteiger partial charge on any atom is 0.278 e. The predicted molar refractivity (Wildman–Crippen MR) is 93.3 cm³/mol. The summed E-state index contributed by atoms with van der Waals surface area (Å²) >= 11 is 1.29. The predicted octanol–water partition coefficient (Wildman–Crippen LogP) is 3.75. The molecule has 122 valence electrons. The summed E-state index contributed by atoms with van der Waals surface area (Å²) in [5.74, 6) is -0.437. The van der Waals surface area contributed by atoms with Gasteiger partial charge in [0.15, 0.2) is 0 Å². The number of hydrogen-bond acceptors (Lipinski definition) is 5. The van der Waals surface area contributed by atoms with Gasteiger partial charge in [-0.05, 0) is 38.1 Å². The molecule has 0 bridgehead atoms. The molecule has 6 nitrogen and oxygen atoms in total. The first kappa shape index (κ1) is 17.4. The lowest BCUT2D eigenvalue weighted by molar-refractivity contribution is -0.384. The van der Waals surface area contributed by atoms with Gasteiger partial charge in [-0.2, -0.15) is 5.26 Å². The highest BCUT2D eigenvalue weighted by Gasteiger charge is 2.16. The number of nitrogens with one attached hydrogen (secondary N) is 1. The largest absolute Gasteiger partial charge is 0.349 e. The molecule has 0 radical (unpaired) electrons. The molecule has 0 aliphatic carbocycles. The number of thiophene rings is 1. The third-order valence-electron chi connectivity index (χ3n) is 3.06. The lowest BCUT2D eigenvalue weighted by Crippen LogP contribution is -2.30. The molecule has 0 spiro atoms. The van der Waals surface area contributed by atoms with Gasteiger partial charge >= 0.3 is 0 Å². The van der Waals surface area contributed by atoms with E-state index in [1.165, 1.54) is 23.5 Å². The Kier molecular flexibility index (Phi) is 5.45. The van der Waals surface area contributed by atoms with E-state index in [0.29, 0.717) is 15.3 Å². The van der Waals surface area contributed by atoms with Crippen LogP contribution in [0.5, 0.6) is 0 Å². The van der Waals surface area contributed by atoms with Gasteiger partial charge in [0, 0.05) is 21.9 Å². The molecule has 24 heavy (non-hydrogen) atoms. The molecule has 2 aromatic rings. The highest BCUT2D eigenvalue weighted by molar-refractivity contribution is 7.16. The average molecular weight is 341 g/mol. The minimum Gasteiger partial charge on any atom is -0.349 e. The second kappa shape index (κ2) is 7.53. The molecule has 1 aromatic carbocycles. The molecular weight excluding hydrogens is 326 g/mol. The van der Waals surface area contributed by atoms with Gasteiger partial charge in [0.05, 0.1) is 10.5 Å². The summed E-state index contributed by atoms with van der Waals surface area (Å²) in [4.78, 5) is 24.0. The molecule has 2 rings (SSSR count). The number of para-hydroxylation sites is 1. The first-order valence-corrected chi connectivity index (χ1v) is 8.00. The molecule has 1 heterocycles. The Morgan fingerprint density at radius 3 is 2.67 bits per heavy atom. The second-order valence-corrected chi connectivity index (χ2v) is 6.39. The van der Waals surface area contributed by atoms with Crippen LogP contribution >= 0.6 is 11.3 Å². The number of benzene rings is 1. The number of nitrogens with zero attached hydrogens (tertiary/aromatic N) is 2. The van der Waals surface area contributed by atoms with Crippen molar-refractivity contribution in [1.29, 1.82) is 5.26 Å². The van der Waals surface area contributed by atoms with Gasteiger partial charge in [-0.25, -0.2) is 0 Å². The van der Waals surface area contributed by atoms with Gasteiger partial charge in [0.25, 0.3) is 11.6 Å². The standard InChI is InChI=1S/C17H15N3O3S/c1-11(2)19-17(21)12(10-18)9-13-7-8-16(24-13)14-5-3-4-6-15(14)20(22)23/h3-9,11H,1-2H3,(H,19,21)/b12-9+. The summed E-state index contributed by atoms with van der Waals surface area (Å²) in [6.45, 7) is 3.62. The van der Waals surface area contributed by atoms with Crippen LogP contribution in [0.3, 0.4) is 0 Å². The summed E-state index contributed by atoms with van der Waals surface area (Å²) in [7, 11) is 0. The Hall–Kier alpha value is -2.98. The third kappa shape index (κ3) is 4.06. The van der Waals surface area contributed by atoms with Gasteiger partial charge in [-0.3, -0.25) is 14.9 Å². The molecule has 0 unspecified atom stereocenters. The number of rotatable bonds is 5. The van der Waals surface area contributed by atoms with Crippen molar-refractivity contribution in [1.82, 2.24) is 5.32 Å². The Labute approximate surface area is 143 Å². The van der Waals surface area contributed by atoms with Crippen molar-refractivity contribution in [2.24, 2.45) is 0 Å². The third-order valence-corrected chi connectivity index (χ3v) is 4.13. The highest BCUT2D eigenvalue weighted by Crippen LogP contribution is 2.35. The van der Waals surface area contributed by atoms with Crippen molar-refractivity contribution in [3.05, 3.63) is 57.0 Å². The topological polar surface area (TPSA) is 96.0 Å². The first-order chi connectivity index (χ1) is 11.4. The van der Waals surface area contributed by atoms with Crippen molar-refractivity contribution in [2.75, 3.05) is 0 Å².